The Morgan fingerprint density at radius 2 is 1.87 bits per heavy atom. The molecule has 2 spiro atoms. The van der Waals surface area contributed by atoms with E-state index in [0.29, 0.717) is 44.9 Å². The van der Waals surface area contributed by atoms with Crippen molar-refractivity contribution in [1.29, 1.82) is 5.41 Å². The second kappa shape index (κ2) is 7.24. The van der Waals surface area contributed by atoms with Gasteiger partial charge in [0, 0.05) is 12.6 Å². The highest BCUT2D eigenvalue weighted by molar-refractivity contribution is 6.07. The van der Waals surface area contributed by atoms with E-state index in [1.807, 2.05) is 6.92 Å². The van der Waals surface area contributed by atoms with Crippen LogP contribution in [0.3, 0.4) is 0 Å². The lowest BCUT2D eigenvalue weighted by atomic mass is 9.51. The molecule has 6 N–H and O–H groups in total. The average Bonchev–Trinajstić information content (AvgIpc) is 2.96. The Bertz CT molecular complexity index is 1070. The molecule has 11 nitrogen and oxygen atoms in total. The summed E-state index contributed by atoms with van der Waals surface area (Å²) in [4.78, 5) is 49.7. The van der Waals surface area contributed by atoms with Crippen LogP contribution in [0.2, 0.25) is 0 Å². The summed E-state index contributed by atoms with van der Waals surface area (Å²) in [5.41, 5.74) is 2.95. The molecule has 0 atom stereocenters. The van der Waals surface area contributed by atoms with E-state index < -0.39 is 34.5 Å². The molecule has 1 saturated heterocycles. The molecule has 2 saturated carbocycles. The monoisotopic (exact) mass is 432 g/mol. The Kier molecular flexibility index (Phi) is 4.94. The van der Waals surface area contributed by atoms with Crippen molar-refractivity contribution in [3.63, 3.8) is 0 Å². The predicted octanol–water partition coefficient (Wildman–Crippen LogP) is 0.273. The van der Waals surface area contributed by atoms with Crippen molar-refractivity contribution < 1.29 is 14.7 Å². The van der Waals surface area contributed by atoms with E-state index in [9.17, 15) is 24.3 Å². The van der Waals surface area contributed by atoms with Crippen molar-refractivity contribution in [3.05, 3.63) is 26.4 Å². The second-order valence-corrected chi connectivity index (χ2v) is 9.15. The van der Waals surface area contributed by atoms with Gasteiger partial charge in [0.05, 0.1) is 0 Å². The van der Waals surface area contributed by atoms with Crippen LogP contribution in [-0.2, 0) is 11.3 Å². The summed E-state index contributed by atoms with van der Waals surface area (Å²) in [7, 11) is 0. The summed E-state index contributed by atoms with van der Waals surface area (Å²) in [5, 5.41) is 23.2. The molecule has 0 unspecified atom stereocenters. The zero-order valence-corrected chi connectivity index (χ0v) is 17.5. The van der Waals surface area contributed by atoms with Crippen molar-refractivity contribution in [2.45, 2.75) is 76.4 Å². The topological polar surface area (TPSA) is 172 Å². The number of aromatic hydroxyl groups is 1. The fourth-order valence-corrected chi connectivity index (χ4v) is 5.57. The first-order chi connectivity index (χ1) is 14.6. The fraction of sp³-hybridized carbons (Fsp3) is 0.650. The van der Waals surface area contributed by atoms with Crippen LogP contribution < -0.4 is 27.6 Å². The van der Waals surface area contributed by atoms with Crippen LogP contribution >= 0.6 is 0 Å². The third-order valence-electron chi connectivity index (χ3n) is 7.10. The van der Waals surface area contributed by atoms with E-state index in [4.69, 9.17) is 11.1 Å². The molecule has 2 heterocycles. The molecule has 3 amide bonds. The van der Waals surface area contributed by atoms with E-state index >= 15 is 0 Å². The predicted molar refractivity (Wildman–Crippen MR) is 111 cm³/mol. The average molecular weight is 432 g/mol. The largest absolute Gasteiger partial charge is 0.494 e. The molecule has 2 aliphatic carbocycles. The molecule has 0 bridgehead atoms. The quantitative estimate of drug-likeness (QED) is 0.254. The van der Waals surface area contributed by atoms with Gasteiger partial charge in [0.15, 0.2) is 0 Å². The highest BCUT2D eigenvalue weighted by atomic mass is 16.3. The lowest BCUT2D eigenvalue weighted by molar-refractivity contribution is -0.135. The third-order valence-corrected chi connectivity index (χ3v) is 7.10. The van der Waals surface area contributed by atoms with Crippen LogP contribution in [0.1, 0.15) is 69.9 Å². The Morgan fingerprint density at radius 1 is 1.23 bits per heavy atom. The molecule has 1 aromatic rings. The Balaban J connectivity index is 1.59. The highest BCUT2D eigenvalue weighted by Gasteiger charge is 2.62. The maximum atomic E-state index is 13.1. The number of urea groups is 1. The third kappa shape index (κ3) is 3.22. The first-order valence-corrected chi connectivity index (χ1v) is 10.7. The van der Waals surface area contributed by atoms with Gasteiger partial charge in [0.2, 0.25) is 5.88 Å². The SMILES string of the molecule is CCCCn1c(O)c(C(=N)N)c(=O)n(C2CCC3(CC2)CC2(C3)NC(=O)NC2=O)c1=O. The molecule has 4 rings (SSSR count). The lowest BCUT2D eigenvalue weighted by Crippen LogP contribution is -2.63. The molecule has 3 aliphatic rings. The highest BCUT2D eigenvalue weighted by Crippen LogP contribution is 2.58. The first kappa shape index (κ1) is 21.1. The van der Waals surface area contributed by atoms with Crippen LogP contribution in [0.15, 0.2) is 9.59 Å². The summed E-state index contributed by atoms with van der Waals surface area (Å²) in [6.07, 6.45) is 5.04. The van der Waals surface area contributed by atoms with Gasteiger partial charge in [-0.3, -0.25) is 29.4 Å². The Labute approximate surface area is 178 Å². The van der Waals surface area contributed by atoms with Crippen molar-refractivity contribution >= 4 is 17.8 Å². The molecular formula is C20H28N6O5. The van der Waals surface area contributed by atoms with E-state index in [1.54, 1.807) is 0 Å². The van der Waals surface area contributed by atoms with Gasteiger partial charge in [-0.05, 0) is 50.4 Å². The Morgan fingerprint density at radius 3 is 2.39 bits per heavy atom. The van der Waals surface area contributed by atoms with Crippen molar-refractivity contribution in [1.82, 2.24) is 19.8 Å². The number of aromatic nitrogens is 2. The van der Waals surface area contributed by atoms with Crippen molar-refractivity contribution in [3.8, 4) is 5.88 Å². The van der Waals surface area contributed by atoms with Gasteiger partial charge in [0.1, 0.15) is 16.9 Å². The Hall–Kier alpha value is -3.11. The minimum absolute atomic E-state index is 0.101. The fourth-order valence-electron chi connectivity index (χ4n) is 5.57. The van der Waals surface area contributed by atoms with E-state index in [0.717, 1.165) is 15.6 Å². The summed E-state index contributed by atoms with van der Waals surface area (Å²) >= 11 is 0. The minimum Gasteiger partial charge on any atom is -0.494 e. The molecule has 0 radical (unpaired) electrons. The molecule has 168 valence electrons. The van der Waals surface area contributed by atoms with Gasteiger partial charge < -0.3 is 16.2 Å². The van der Waals surface area contributed by atoms with Crippen LogP contribution in [0, 0.1) is 10.8 Å². The lowest BCUT2D eigenvalue weighted by Gasteiger charge is -2.55. The number of hydrogen-bond donors (Lipinski definition) is 5. The number of hydrogen-bond acceptors (Lipinski definition) is 6. The van der Waals surface area contributed by atoms with E-state index in [2.05, 4.69) is 10.6 Å². The standard InChI is InChI=1S/C20H28N6O5/c1-2-3-8-25-14(27)12(13(21)22)15(28)26(18(25)31)11-4-6-19(7-5-11)9-20(10-19)16(29)23-17(30)24-20/h11,27H,2-10H2,1H3,(H3,21,22)(H2,23,24,29,30). The maximum Gasteiger partial charge on any atom is 0.334 e. The first-order valence-electron chi connectivity index (χ1n) is 10.7. The van der Waals surface area contributed by atoms with Crippen LogP contribution in [0.4, 0.5) is 4.79 Å². The molecule has 31 heavy (non-hydrogen) atoms. The normalized spacial score (nSPS) is 29.6. The number of nitrogens with one attached hydrogen (secondary N) is 3. The summed E-state index contributed by atoms with van der Waals surface area (Å²) in [5.74, 6) is -1.41. The van der Waals surface area contributed by atoms with Gasteiger partial charge in [-0.1, -0.05) is 13.3 Å². The zero-order valence-electron chi connectivity index (χ0n) is 17.5. The molecule has 3 fully saturated rings. The van der Waals surface area contributed by atoms with Gasteiger partial charge >= 0.3 is 11.7 Å². The smallest absolute Gasteiger partial charge is 0.334 e. The number of nitrogens with two attached hydrogens (primary N) is 1. The second-order valence-electron chi connectivity index (χ2n) is 9.15. The molecule has 1 aromatic heterocycles. The number of carbonyl (C=O) groups is 2. The van der Waals surface area contributed by atoms with Gasteiger partial charge in [-0.25, -0.2) is 9.59 Å². The van der Waals surface area contributed by atoms with E-state index in [-0.39, 0.29) is 29.5 Å². The summed E-state index contributed by atoms with van der Waals surface area (Å²) < 4.78 is 2.26. The number of unbranched alkanes of at least 4 members (excludes halogenated alkanes) is 1. The van der Waals surface area contributed by atoms with E-state index in [1.165, 1.54) is 0 Å². The van der Waals surface area contributed by atoms with Gasteiger partial charge in [-0.2, -0.15) is 0 Å². The minimum atomic E-state index is -0.825. The van der Waals surface area contributed by atoms with Crippen LogP contribution in [0.5, 0.6) is 5.88 Å². The van der Waals surface area contributed by atoms with Crippen molar-refractivity contribution in [2.75, 3.05) is 0 Å². The number of amides is 3. The molecule has 11 heteroatoms. The molecular weight excluding hydrogens is 404 g/mol. The maximum absolute atomic E-state index is 13.1. The molecule has 1 aliphatic heterocycles. The number of imide groups is 1. The van der Waals surface area contributed by atoms with Crippen molar-refractivity contribution in [2.24, 2.45) is 11.1 Å². The number of rotatable bonds is 5. The summed E-state index contributed by atoms with van der Waals surface area (Å²) in [6.45, 7) is 2.18. The van der Waals surface area contributed by atoms with Crippen LogP contribution in [0.25, 0.3) is 0 Å². The van der Waals surface area contributed by atoms with Gasteiger partial charge in [-0.15, -0.1) is 0 Å². The number of nitrogens with zero attached hydrogens (tertiary/aromatic N) is 2. The number of nitrogen functional groups attached to an aromatic ring is 1. The van der Waals surface area contributed by atoms with Gasteiger partial charge in [0.25, 0.3) is 11.5 Å². The summed E-state index contributed by atoms with van der Waals surface area (Å²) in [6, 6.07) is -0.839. The number of amidine groups is 1. The molecule has 0 aromatic carbocycles. The number of carbonyl (C=O) groups excluding carboxylic acids is 2. The van der Waals surface area contributed by atoms with Crippen LogP contribution in [-0.4, -0.2) is 37.6 Å². The zero-order chi connectivity index (χ0) is 22.6.